The molecule has 0 fully saturated rings. The zero-order valence-corrected chi connectivity index (χ0v) is 18.0. The van der Waals surface area contributed by atoms with E-state index in [0.717, 1.165) is 11.3 Å². The molecule has 0 atom stereocenters. The number of hydrogen-bond acceptors (Lipinski definition) is 6. The third-order valence-electron chi connectivity index (χ3n) is 4.66. The molecular formula is C23H25N3O5. The second-order valence-corrected chi connectivity index (χ2v) is 7.14. The highest BCUT2D eigenvalue weighted by Gasteiger charge is 2.15. The number of aryl methyl sites for hydroxylation is 2. The Balaban J connectivity index is 1.63. The third kappa shape index (κ3) is 5.63. The Bertz CT molecular complexity index is 1040. The van der Waals surface area contributed by atoms with Crippen LogP contribution in [0.25, 0.3) is 0 Å². The maximum absolute atomic E-state index is 12.8. The van der Waals surface area contributed by atoms with E-state index in [9.17, 15) is 9.59 Å². The number of rotatable bonds is 8. The summed E-state index contributed by atoms with van der Waals surface area (Å²) in [4.78, 5) is 25.9. The van der Waals surface area contributed by atoms with E-state index < -0.39 is 0 Å². The van der Waals surface area contributed by atoms with Gasteiger partial charge in [-0.3, -0.25) is 9.59 Å². The molecule has 162 valence electrons. The maximum atomic E-state index is 12.8. The van der Waals surface area contributed by atoms with Crippen LogP contribution in [0.1, 0.15) is 27.4 Å². The number of carbonyl (C=O) groups excluding carboxylic acids is 2. The number of anilines is 1. The Morgan fingerprint density at radius 2 is 1.74 bits per heavy atom. The normalized spacial score (nSPS) is 10.5. The fourth-order valence-corrected chi connectivity index (χ4v) is 2.75. The molecule has 0 aliphatic rings. The Labute approximate surface area is 180 Å². The smallest absolute Gasteiger partial charge is 0.259 e. The van der Waals surface area contributed by atoms with E-state index in [-0.39, 0.29) is 25.0 Å². The lowest BCUT2D eigenvalue weighted by atomic mass is 10.1. The topological polar surface area (TPSA) is 93.9 Å². The molecule has 8 nitrogen and oxygen atoms in total. The number of ether oxygens (including phenoxy) is 2. The molecule has 8 heteroatoms. The van der Waals surface area contributed by atoms with Crippen LogP contribution in [0.15, 0.2) is 53.1 Å². The predicted octanol–water partition coefficient (Wildman–Crippen LogP) is 3.59. The van der Waals surface area contributed by atoms with Gasteiger partial charge in [0.05, 0.1) is 16.8 Å². The molecule has 1 aromatic heterocycles. The highest BCUT2D eigenvalue weighted by molar-refractivity contribution is 6.06. The molecule has 0 bridgehead atoms. The summed E-state index contributed by atoms with van der Waals surface area (Å²) < 4.78 is 16.5. The first-order valence-electron chi connectivity index (χ1n) is 9.73. The summed E-state index contributed by atoms with van der Waals surface area (Å²) in [7, 11) is 3.33. The van der Waals surface area contributed by atoms with Crippen LogP contribution in [0.2, 0.25) is 0 Å². The quantitative estimate of drug-likeness (QED) is 0.595. The van der Waals surface area contributed by atoms with Crippen molar-refractivity contribution in [2.24, 2.45) is 0 Å². The van der Waals surface area contributed by atoms with Crippen molar-refractivity contribution in [2.45, 2.75) is 20.5 Å². The number of hydrogen-bond donors (Lipinski definition) is 1. The largest absolute Gasteiger partial charge is 0.488 e. The van der Waals surface area contributed by atoms with Crippen molar-refractivity contribution >= 4 is 17.5 Å². The third-order valence-corrected chi connectivity index (χ3v) is 4.66. The van der Waals surface area contributed by atoms with Crippen molar-refractivity contribution in [3.8, 4) is 11.5 Å². The van der Waals surface area contributed by atoms with Crippen LogP contribution >= 0.6 is 0 Å². The summed E-state index contributed by atoms with van der Waals surface area (Å²) >= 11 is 0. The van der Waals surface area contributed by atoms with E-state index in [4.69, 9.17) is 14.0 Å². The molecule has 2 amide bonds. The molecule has 1 heterocycles. The van der Waals surface area contributed by atoms with Crippen molar-refractivity contribution in [1.29, 1.82) is 0 Å². The van der Waals surface area contributed by atoms with Crippen LogP contribution in [0.4, 0.5) is 5.69 Å². The van der Waals surface area contributed by atoms with E-state index >= 15 is 0 Å². The predicted molar refractivity (Wildman–Crippen MR) is 115 cm³/mol. The molecular weight excluding hydrogens is 398 g/mol. The fraction of sp³-hybridized carbons (Fsp3) is 0.261. The zero-order chi connectivity index (χ0) is 22.4. The molecule has 3 aromatic rings. The van der Waals surface area contributed by atoms with Gasteiger partial charge < -0.3 is 24.2 Å². The molecule has 31 heavy (non-hydrogen) atoms. The Hall–Kier alpha value is -3.81. The van der Waals surface area contributed by atoms with Gasteiger partial charge in [-0.2, -0.15) is 0 Å². The number of amides is 2. The van der Waals surface area contributed by atoms with Crippen molar-refractivity contribution < 1.29 is 23.6 Å². The van der Waals surface area contributed by atoms with Crippen molar-refractivity contribution in [2.75, 3.05) is 26.0 Å². The second-order valence-electron chi connectivity index (χ2n) is 7.14. The number of carbonyl (C=O) groups is 2. The molecule has 0 aliphatic carbocycles. The van der Waals surface area contributed by atoms with Crippen LogP contribution in [-0.2, 0) is 11.4 Å². The number of aromatic nitrogens is 1. The minimum Gasteiger partial charge on any atom is -0.488 e. The fourth-order valence-electron chi connectivity index (χ4n) is 2.75. The summed E-state index contributed by atoms with van der Waals surface area (Å²) in [6.07, 6.45) is 0. The van der Waals surface area contributed by atoms with Gasteiger partial charge in [0.15, 0.2) is 6.61 Å². The summed E-state index contributed by atoms with van der Waals surface area (Å²) in [5.41, 5.74) is 2.62. The monoisotopic (exact) mass is 423 g/mol. The van der Waals surface area contributed by atoms with Crippen LogP contribution in [0, 0.1) is 13.8 Å². The van der Waals surface area contributed by atoms with Gasteiger partial charge in [0, 0.05) is 19.8 Å². The first-order chi connectivity index (χ1) is 14.8. The zero-order valence-electron chi connectivity index (χ0n) is 18.0. The van der Waals surface area contributed by atoms with Crippen molar-refractivity contribution in [1.82, 2.24) is 10.1 Å². The minimum absolute atomic E-state index is 0.0471. The lowest BCUT2D eigenvalue weighted by Gasteiger charge is -2.13. The number of likely N-dealkylation sites (N-methyl/N-ethyl adjacent to an activating group) is 1. The lowest BCUT2D eigenvalue weighted by molar-refractivity contribution is -0.130. The molecule has 0 aliphatic heterocycles. The van der Waals surface area contributed by atoms with Gasteiger partial charge in [-0.25, -0.2) is 0 Å². The number of benzene rings is 2. The van der Waals surface area contributed by atoms with Gasteiger partial charge in [0.1, 0.15) is 23.9 Å². The van der Waals surface area contributed by atoms with Crippen molar-refractivity contribution in [3.63, 3.8) is 0 Å². The lowest BCUT2D eigenvalue weighted by Crippen LogP contribution is -2.27. The van der Waals surface area contributed by atoms with E-state index in [1.165, 1.54) is 4.90 Å². The van der Waals surface area contributed by atoms with Crippen LogP contribution in [0.5, 0.6) is 11.5 Å². The second kappa shape index (κ2) is 9.80. The first kappa shape index (κ1) is 21.9. The number of nitrogens with one attached hydrogen (secondary N) is 1. The SMILES string of the molecule is Cc1noc(C)c1COc1ccccc1C(=O)Nc1ccc(OCC(=O)N(C)C)cc1. The Morgan fingerprint density at radius 1 is 1.03 bits per heavy atom. The summed E-state index contributed by atoms with van der Waals surface area (Å²) in [5.74, 6) is 1.25. The van der Waals surface area contributed by atoms with Gasteiger partial charge in [-0.1, -0.05) is 17.3 Å². The molecule has 2 aromatic carbocycles. The Kier molecular flexibility index (Phi) is 6.92. The molecule has 0 unspecified atom stereocenters. The molecule has 0 spiro atoms. The standard InChI is InChI=1S/C23H25N3O5/c1-15-20(16(2)31-25-15)13-30-21-8-6-5-7-19(21)23(28)24-17-9-11-18(12-10-17)29-14-22(27)26(3)4/h5-12H,13-14H2,1-4H3,(H,24,28). The highest BCUT2D eigenvalue weighted by Crippen LogP contribution is 2.23. The van der Waals surface area contributed by atoms with E-state index in [2.05, 4.69) is 10.5 Å². The highest BCUT2D eigenvalue weighted by atomic mass is 16.5. The van der Waals surface area contributed by atoms with Gasteiger partial charge in [0.25, 0.3) is 11.8 Å². The van der Waals surface area contributed by atoms with Crippen molar-refractivity contribution in [3.05, 3.63) is 71.1 Å². The summed E-state index contributed by atoms with van der Waals surface area (Å²) in [6, 6.07) is 13.8. The van der Waals surface area contributed by atoms with Crippen LogP contribution in [0.3, 0.4) is 0 Å². The van der Waals surface area contributed by atoms with Gasteiger partial charge in [-0.05, 0) is 50.2 Å². The van der Waals surface area contributed by atoms with Crippen LogP contribution in [-0.4, -0.2) is 42.6 Å². The minimum atomic E-state index is -0.300. The number of nitrogens with zero attached hydrogens (tertiary/aromatic N) is 2. The molecule has 3 rings (SSSR count). The average molecular weight is 423 g/mol. The number of para-hydroxylation sites is 1. The average Bonchev–Trinajstić information content (AvgIpc) is 3.08. The molecule has 0 saturated heterocycles. The van der Waals surface area contributed by atoms with Gasteiger partial charge >= 0.3 is 0 Å². The molecule has 0 saturated carbocycles. The molecule has 0 radical (unpaired) electrons. The summed E-state index contributed by atoms with van der Waals surface area (Å²) in [5, 5.41) is 6.76. The Morgan fingerprint density at radius 3 is 2.39 bits per heavy atom. The van der Waals surface area contributed by atoms with E-state index in [1.807, 2.05) is 13.8 Å². The van der Waals surface area contributed by atoms with Crippen LogP contribution < -0.4 is 14.8 Å². The van der Waals surface area contributed by atoms with Gasteiger partial charge in [0.2, 0.25) is 0 Å². The van der Waals surface area contributed by atoms with E-state index in [1.54, 1.807) is 62.6 Å². The summed E-state index contributed by atoms with van der Waals surface area (Å²) in [6.45, 7) is 3.87. The van der Waals surface area contributed by atoms with E-state index in [0.29, 0.717) is 28.5 Å². The van der Waals surface area contributed by atoms with Gasteiger partial charge in [-0.15, -0.1) is 0 Å². The first-order valence-corrected chi connectivity index (χ1v) is 9.73. The maximum Gasteiger partial charge on any atom is 0.259 e. The molecule has 1 N–H and O–H groups in total.